The Bertz CT molecular complexity index is 1040. The lowest BCUT2D eigenvalue weighted by molar-refractivity contribution is -0.136. The van der Waals surface area contributed by atoms with E-state index >= 15 is 0 Å². The summed E-state index contributed by atoms with van der Waals surface area (Å²) in [6, 6.07) is 10.6. The van der Waals surface area contributed by atoms with Gasteiger partial charge in [0.25, 0.3) is 0 Å². The van der Waals surface area contributed by atoms with Gasteiger partial charge in [0.05, 0.1) is 12.0 Å². The Labute approximate surface area is 176 Å². The average Bonchev–Trinajstić information content (AvgIpc) is 3.58. The number of hydrogen-bond donors (Lipinski definition) is 1. The van der Waals surface area contributed by atoms with E-state index in [2.05, 4.69) is 13.8 Å². The lowest BCUT2D eigenvalue weighted by atomic mass is 9.75. The second kappa shape index (κ2) is 6.59. The zero-order chi connectivity index (χ0) is 21.1. The topological polar surface area (TPSA) is 72.8 Å². The van der Waals surface area contributed by atoms with Gasteiger partial charge in [0, 0.05) is 5.56 Å². The number of benzene rings is 2. The van der Waals surface area contributed by atoms with Crippen molar-refractivity contribution in [2.45, 2.75) is 69.3 Å². The van der Waals surface area contributed by atoms with Gasteiger partial charge in [-0.25, -0.2) is 4.79 Å². The zero-order valence-corrected chi connectivity index (χ0v) is 17.4. The summed E-state index contributed by atoms with van der Waals surface area (Å²) in [4.78, 5) is 24.0. The van der Waals surface area contributed by atoms with E-state index in [9.17, 15) is 9.59 Å². The maximum absolute atomic E-state index is 13.0. The molecule has 1 spiro atoms. The van der Waals surface area contributed by atoms with E-state index in [1.807, 2.05) is 12.1 Å². The fourth-order valence-corrected chi connectivity index (χ4v) is 4.71. The normalized spacial score (nSPS) is 20.2. The molecule has 5 heteroatoms. The predicted molar refractivity (Wildman–Crippen MR) is 111 cm³/mol. The van der Waals surface area contributed by atoms with E-state index in [4.69, 9.17) is 14.6 Å². The first kappa shape index (κ1) is 19.2. The number of carbonyl (C=O) groups is 2. The van der Waals surface area contributed by atoms with Crippen LogP contribution < -0.4 is 9.47 Å². The minimum absolute atomic E-state index is 0.00720. The van der Waals surface area contributed by atoms with Crippen molar-refractivity contribution in [2.24, 2.45) is 0 Å². The van der Waals surface area contributed by atoms with E-state index in [1.54, 1.807) is 24.3 Å². The SMILES string of the molecule is CC1(C)CC2(CC2)Oc2c(C3CC3)cc(C(=O)Oc3cccc(CC(=O)O)c3)cc21. The molecule has 0 saturated heterocycles. The fraction of sp³-hybridized carbons (Fsp3) is 0.440. The standard InChI is InChI=1S/C25H26O5/c1-24(2)14-25(8-9-25)30-22-19(16-6-7-16)12-17(13-20(22)24)23(28)29-18-5-3-4-15(10-18)11-21(26)27/h3-5,10,12-13,16H,6-9,11,14H2,1-2H3,(H,26,27). The van der Waals surface area contributed by atoms with E-state index in [-0.39, 0.29) is 17.4 Å². The van der Waals surface area contributed by atoms with Crippen molar-refractivity contribution in [1.29, 1.82) is 0 Å². The van der Waals surface area contributed by atoms with Crippen molar-refractivity contribution in [2.75, 3.05) is 0 Å². The quantitative estimate of drug-likeness (QED) is 0.559. The van der Waals surface area contributed by atoms with Gasteiger partial charge in [0.15, 0.2) is 0 Å². The van der Waals surface area contributed by atoms with Crippen LogP contribution in [0.1, 0.15) is 78.9 Å². The first-order chi connectivity index (χ1) is 14.2. The fourth-order valence-electron chi connectivity index (χ4n) is 4.71. The molecule has 0 amide bonds. The number of carbonyl (C=O) groups excluding carboxylic acids is 1. The van der Waals surface area contributed by atoms with Crippen LogP contribution in [0, 0.1) is 0 Å². The highest BCUT2D eigenvalue weighted by molar-refractivity contribution is 5.92. The molecule has 1 N–H and O–H groups in total. The van der Waals surface area contributed by atoms with Crippen LogP contribution in [0.2, 0.25) is 0 Å². The molecule has 2 aromatic carbocycles. The minimum Gasteiger partial charge on any atom is -0.487 e. The Morgan fingerprint density at radius 3 is 2.60 bits per heavy atom. The summed E-state index contributed by atoms with van der Waals surface area (Å²) in [7, 11) is 0. The zero-order valence-electron chi connectivity index (χ0n) is 17.4. The molecule has 2 aliphatic carbocycles. The summed E-state index contributed by atoms with van der Waals surface area (Å²) in [5, 5.41) is 8.99. The van der Waals surface area contributed by atoms with Gasteiger partial charge in [0.2, 0.25) is 0 Å². The van der Waals surface area contributed by atoms with Crippen LogP contribution in [0.25, 0.3) is 0 Å². The van der Waals surface area contributed by atoms with Crippen LogP contribution in [-0.2, 0) is 16.6 Å². The van der Waals surface area contributed by atoms with Crippen LogP contribution in [0.4, 0.5) is 0 Å². The molecule has 2 fully saturated rings. The van der Waals surface area contributed by atoms with Gasteiger partial charge in [-0.15, -0.1) is 0 Å². The number of ether oxygens (including phenoxy) is 2. The van der Waals surface area contributed by atoms with Gasteiger partial charge >= 0.3 is 11.9 Å². The van der Waals surface area contributed by atoms with Crippen molar-refractivity contribution in [1.82, 2.24) is 0 Å². The smallest absolute Gasteiger partial charge is 0.343 e. The summed E-state index contributed by atoms with van der Waals surface area (Å²) < 4.78 is 12.1. The highest BCUT2D eigenvalue weighted by Crippen LogP contribution is 2.58. The number of rotatable bonds is 5. The lowest BCUT2D eigenvalue weighted by Crippen LogP contribution is -2.36. The Morgan fingerprint density at radius 2 is 1.93 bits per heavy atom. The predicted octanol–water partition coefficient (Wildman–Crippen LogP) is 5.00. The number of carboxylic acid groups (broad SMARTS) is 1. The van der Waals surface area contributed by atoms with Crippen molar-refractivity contribution in [3.05, 3.63) is 58.7 Å². The Morgan fingerprint density at radius 1 is 1.17 bits per heavy atom. The van der Waals surface area contributed by atoms with Crippen molar-refractivity contribution in [3.63, 3.8) is 0 Å². The molecule has 1 heterocycles. The van der Waals surface area contributed by atoms with E-state index < -0.39 is 11.9 Å². The van der Waals surface area contributed by atoms with E-state index in [1.165, 1.54) is 0 Å². The number of esters is 1. The van der Waals surface area contributed by atoms with Gasteiger partial charge in [0.1, 0.15) is 17.1 Å². The van der Waals surface area contributed by atoms with Gasteiger partial charge in [-0.2, -0.15) is 0 Å². The molecule has 0 radical (unpaired) electrons. The summed E-state index contributed by atoms with van der Waals surface area (Å²) in [5.74, 6) is 0.464. The van der Waals surface area contributed by atoms with Crippen molar-refractivity contribution < 1.29 is 24.2 Å². The van der Waals surface area contributed by atoms with Crippen LogP contribution in [0.15, 0.2) is 36.4 Å². The summed E-state index contributed by atoms with van der Waals surface area (Å²) in [6.45, 7) is 4.46. The maximum Gasteiger partial charge on any atom is 0.343 e. The third kappa shape index (κ3) is 3.57. The Kier molecular flexibility index (Phi) is 4.21. The monoisotopic (exact) mass is 406 g/mol. The minimum atomic E-state index is -0.919. The van der Waals surface area contributed by atoms with Crippen molar-refractivity contribution in [3.8, 4) is 11.5 Å². The highest BCUT2D eigenvalue weighted by Gasteiger charge is 2.54. The molecule has 30 heavy (non-hydrogen) atoms. The second-order valence-electron chi connectivity index (χ2n) is 9.67. The second-order valence-corrected chi connectivity index (χ2v) is 9.67. The molecule has 2 saturated carbocycles. The third-order valence-corrected chi connectivity index (χ3v) is 6.45. The third-order valence-electron chi connectivity index (χ3n) is 6.45. The van der Waals surface area contributed by atoms with Crippen LogP contribution in [0.3, 0.4) is 0 Å². The van der Waals surface area contributed by atoms with Crippen molar-refractivity contribution >= 4 is 11.9 Å². The van der Waals surface area contributed by atoms with E-state index in [0.717, 1.165) is 49.0 Å². The molecule has 156 valence electrons. The van der Waals surface area contributed by atoms with Gasteiger partial charge < -0.3 is 14.6 Å². The molecule has 5 rings (SSSR count). The van der Waals surface area contributed by atoms with Crippen LogP contribution in [0.5, 0.6) is 11.5 Å². The molecule has 3 aliphatic rings. The molecule has 0 aromatic heterocycles. The Hall–Kier alpha value is -2.82. The lowest BCUT2D eigenvalue weighted by Gasteiger charge is -2.39. The van der Waals surface area contributed by atoms with E-state index in [0.29, 0.717) is 22.8 Å². The molecular weight excluding hydrogens is 380 g/mol. The number of hydrogen-bond acceptors (Lipinski definition) is 4. The first-order valence-electron chi connectivity index (χ1n) is 10.7. The van der Waals surface area contributed by atoms with Gasteiger partial charge in [-0.1, -0.05) is 26.0 Å². The average molecular weight is 406 g/mol. The van der Waals surface area contributed by atoms with Gasteiger partial charge in [-0.05, 0) is 78.8 Å². The van der Waals surface area contributed by atoms with Crippen LogP contribution in [-0.4, -0.2) is 22.6 Å². The molecule has 0 atom stereocenters. The highest BCUT2D eigenvalue weighted by atomic mass is 16.5. The largest absolute Gasteiger partial charge is 0.487 e. The Balaban J connectivity index is 1.47. The molecular formula is C25H26O5. The molecule has 2 aromatic rings. The summed E-state index contributed by atoms with van der Waals surface area (Å²) >= 11 is 0. The molecule has 0 unspecified atom stereocenters. The number of fused-ring (bicyclic) bond motifs is 1. The first-order valence-corrected chi connectivity index (χ1v) is 10.7. The number of carboxylic acids is 1. The molecule has 0 bridgehead atoms. The van der Waals surface area contributed by atoms with Crippen LogP contribution >= 0.6 is 0 Å². The summed E-state index contributed by atoms with van der Waals surface area (Å²) in [5.41, 5.74) is 3.29. The maximum atomic E-state index is 13.0. The number of aliphatic carboxylic acids is 1. The molecule has 1 aliphatic heterocycles. The summed E-state index contributed by atoms with van der Waals surface area (Å²) in [6.07, 6.45) is 5.32. The molecule has 5 nitrogen and oxygen atoms in total. The van der Waals surface area contributed by atoms with Gasteiger partial charge in [-0.3, -0.25) is 4.79 Å².